The fourth-order valence-corrected chi connectivity index (χ4v) is 3.57. The van der Waals surface area contributed by atoms with Crippen LogP contribution in [0.25, 0.3) is 0 Å². The molecule has 28 heavy (non-hydrogen) atoms. The van der Waals surface area contributed by atoms with E-state index in [0.29, 0.717) is 25.9 Å². The molecule has 5 nitrogen and oxygen atoms in total. The molecule has 2 aromatic carbocycles. The number of nitrogens with zero attached hydrogens (tertiary/aromatic N) is 3. The van der Waals surface area contributed by atoms with E-state index in [0.717, 1.165) is 23.9 Å². The van der Waals surface area contributed by atoms with E-state index < -0.39 is 0 Å². The van der Waals surface area contributed by atoms with Crippen molar-refractivity contribution in [2.24, 2.45) is 0 Å². The summed E-state index contributed by atoms with van der Waals surface area (Å²) in [5.74, 6) is 0.897. The molecule has 1 N–H and O–H groups in total. The topological polar surface area (TPSA) is 58.1 Å². The van der Waals surface area contributed by atoms with E-state index in [1.165, 1.54) is 22.7 Å². The van der Waals surface area contributed by atoms with Gasteiger partial charge in [-0.1, -0.05) is 67.6 Å². The molecule has 0 fully saturated rings. The Morgan fingerprint density at radius 1 is 1.04 bits per heavy atom. The maximum atomic E-state index is 12.1. The predicted octanol–water partition coefficient (Wildman–Crippen LogP) is 4.05. The van der Waals surface area contributed by atoms with Gasteiger partial charge in [-0.3, -0.25) is 4.79 Å². The lowest BCUT2D eigenvalue weighted by Gasteiger charge is -2.21. The third-order valence-electron chi connectivity index (χ3n) is 4.33. The Morgan fingerprint density at radius 2 is 1.71 bits per heavy atom. The van der Waals surface area contributed by atoms with Crippen molar-refractivity contribution in [2.45, 2.75) is 32.7 Å². The summed E-state index contributed by atoms with van der Waals surface area (Å²) in [6, 6.07) is 20.5. The number of benzene rings is 2. The van der Waals surface area contributed by atoms with E-state index in [9.17, 15) is 4.79 Å². The van der Waals surface area contributed by atoms with Crippen molar-refractivity contribution in [3.8, 4) is 0 Å². The minimum atomic E-state index is 0.0777. The van der Waals surface area contributed by atoms with Gasteiger partial charge in [0.1, 0.15) is 5.82 Å². The predicted molar refractivity (Wildman–Crippen MR) is 115 cm³/mol. The van der Waals surface area contributed by atoms with Gasteiger partial charge in [0, 0.05) is 44.0 Å². The molecule has 1 amide bonds. The molecule has 3 aromatic rings. The van der Waals surface area contributed by atoms with Crippen LogP contribution in [0.15, 0.2) is 60.7 Å². The third-order valence-corrected chi connectivity index (χ3v) is 5.14. The fraction of sp³-hybridized carbons (Fsp3) is 0.318. The van der Waals surface area contributed by atoms with Crippen LogP contribution in [0.1, 0.15) is 36.7 Å². The summed E-state index contributed by atoms with van der Waals surface area (Å²) in [5.41, 5.74) is 2.39. The van der Waals surface area contributed by atoms with Gasteiger partial charge >= 0.3 is 0 Å². The smallest absolute Gasteiger partial charge is 0.221 e. The zero-order valence-corrected chi connectivity index (χ0v) is 17.0. The number of hydrogen-bond donors (Lipinski definition) is 1. The maximum absolute atomic E-state index is 12.1. The van der Waals surface area contributed by atoms with Crippen LogP contribution in [0, 0.1) is 0 Å². The lowest BCUT2D eigenvalue weighted by Crippen LogP contribution is -2.31. The van der Waals surface area contributed by atoms with Gasteiger partial charge in [-0.25, -0.2) is 4.98 Å². The van der Waals surface area contributed by atoms with Gasteiger partial charge in [-0.2, -0.15) is 4.37 Å². The minimum absolute atomic E-state index is 0.0777. The van der Waals surface area contributed by atoms with Gasteiger partial charge in [0.2, 0.25) is 11.0 Å². The Kier molecular flexibility index (Phi) is 7.55. The number of hydrogen-bond acceptors (Lipinski definition) is 5. The van der Waals surface area contributed by atoms with E-state index >= 15 is 0 Å². The molecule has 0 radical (unpaired) electrons. The van der Waals surface area contributed by atoms with E-state index in [2.05, 4.69) is 45.8 Å². The molecule has 0 unspecified atom stereocenters. The summed E-state index contributed by atoms with van der Waals surface area (Å²) in [5, 5.41) is 3.80. The highest BCUT2D eigenvalue weighted by Gasteiger charge is 2.15. The first-order valence-electron chi connectivity index (χ1n) is 9.66. The second-order valence-corrected chi connectivity index (χ2v) is 7.39. The van der Waals surface area contributed by atoms with Crippen LogP contribution in [0.3, 0.4) is 0 Å². The molecule has 0 saturated heterocycles. The van der Waals surface area contributed by atoms with Crippen molar-refractivity contribution in [2.75, 3.05) is 18.0 Å². The number of carbonyl (C=O) groups excluding carboxylic acids is 1. The second kappa shape index (κ2) is 10.6. The molecular weight excluding hydrogens is 368 g/mol. The van der Waals surface area contributed by atoms with Crippen molar-refractivity contribution in [3.05, 3.63) is 77.6 Å². The van der Waals surface area contributed by atoms with E-state index in [4.69, 9.17) is 4.98 Å². The van der Waals surface area contributed by atoms with E-state index in [-0.39, 0.29) is 5.91 Å². The quantitative estimate of drug-likeness (QED) is 0.564. The van der Waals surface area contributed by atoms with Crippen LogP contribution in [0.2, 0.25) is 0 Å². The average molecular weight is 395 g/mol. The maximum Gasteiger partial charge on any atom is 0.221 e. The Bertz CT molecular complexity index is 851. The first-order chi connectivity index (χ1) is 13.7. The first-order valence-corrected chi connectivity index (χ1v) is 10.4. The van der Waals surface area contributed by atoms with Crippen molar-refractivity contribution in [1.29, 1.82) is 0 Å². The van der Waals surface area contributed by atoms with Crippen molar-refractivity contribution < 1.29 is 4.79 Å². The van der Waals surface area contributed by atoms with Crippen LogP contribution in [-0.2, 0) is 17.8 Å². The summed E-state index contributed by atoms with van der Waals surface area (Å²) in [6.07, 6.45) is 2.10. The zero-order chi connectivity index (χ0) is 19.6. The molecule has 0 aliphatic heterocycles. The van der Waals surface area contributed by atoms with Crippen molar-refractivity contribution in [3.63, 3.8) is 0 Å². The fourth-order valence-electron chi connectivity index (χ4n) is 2.86. The minimum Gasteiger partial charge on any atom is -0.356 e. The van der Waals surface area contributed by atoms with Crippen LogP contribution in [-0.4, -0.2) is 28.4 Å². The Balaban J connectivity index is 1.69. The van der Waals surface area contributed by atoms with Crippen LogP contribution in [0.4, 0.5) is 5.13 Å². The average Bonchev–Trinajstić information content (AvgIpc) is 3.19. The van der Waals surface area contributed by atoms with E-state index in [1.54, 1.807) is 0 Å². The molecule has 0 atom stereocenters. The lowest BCUT2D eigenvalue weighted by molar-refractivity contribution is -0.120. The monoisotopic (exact) mass is 394 g/mol. The second-order valence-electron chi connectivity index (χ2n) is 6.66. The van der Waals surface area contributed by atoms with Gasteiger partial charge in [-0.15, -0.1) is 0 Å². The molecule has 0 saturated carbocycles. The number of rotatable bonds is 10. The Labute approximate surface area is 170 Å². The van der Waals surface area contributed by atoms with Gasteiger partial charge < -0.3 is 10.2 Å². The summed E-state index contributed by atoms with van der Waals surface area (Å²) in [7, 11) is 0. The molecule has 0 aliphatic carbocycles. The molecule has 1 aromatic heterocycles. The lowest BCUT2D eigenvalue weighted by atomic mass is 10.1. The van der Waals surface area contributed by atoms with E-state index in [1.807, 2.05) is 36.4 Å². The summed E-state index contributed by atoms with van der Waals surface area (Å²) in [6.45, 7) is 4.10. The van der Waals surface area contributed by atoms with Crippen LogP contribution in [0.5, 0.6) is 0 Å². The van der Waals surface area contributed by atoms with Crippen molar-refractivity contribution >= 4 is 22.6 Å². The molecule has 1 heterocycles. The largest absolute Gasteiger partial charge is 0.356 e. The van der Waals surface area contributed by atoms with Gasteiger partial charge in [-0.05, 0) is 17.5 Å². The van der Waals surface area contributed by atoms with Gasteiger partial charge in [0.15, 0.2) is 0 Å². The van der Waals surface area contributed by atoms with Gasteiger partial charge in [0.05, 0.1) is 0 Å². The third kappa shape index (κ3) is 6.16. The first kappa shape index (κ1) is 20.0. The molecule has 0 aliphatic rings. The number of carbonyl (C=O) groups is 1. The zero-order valence-electron chi connectivity index (χ0n) is 16.2. The Morgan fingerprint density at radius 3 is 2.39 bits per heavy atom. The molecule has 0 bridgehead atoms. The molecule has 3 rings (SSSR count). The molecule has 0 spiro atoms. The summed E-state index contributed by atoms with van der Waals surface area (Å²) >= 11 is 1.40. The molecular formula is C22H26N4OS. The number of nitrogens with one attached hydrogen (secondary N) is 1. The highest BCUT2D eigenvalue weighted by molar-refractivity contribution is 7.09. The molecule has 6 heteroatoms. The highest BCUT2D eigenvalue weighted by atomic mass is 32.1. The summed E-state index contributed by atoms with van der Waals surface area (Å²) < 4.78 is 4.54. The van der Waals surface area contributed by atoms with Crippen LogP contribution >= 0.6 is 11.5 Å². The highest BCUT2D eigenvalue weighted by Crippen LogP contribution is 2.21. The molecule has 146 valence electrons. The normalized spacial score (nSPS) is 10.6. The standard InChI is InChI=1S/C22H26N4OS/c1-2-14-23-21(27)13-15-26(17-19-11-7-4-8-12-19)22-24-20(25-28-22)16-18-9-5-3-6-10-18/h3-12H,2,13-17H2,1H3,(H,23,27). The summed E-state index contributed by atoms with van der Waals surface area (Å²) in [4.78, 5) is 19.0. The van der Waals surface area contributed by atoms with Crippen LogP contribution < -0.4 is 10.2 Å². The Hall–Kier alpha value is -2.73. The van der Waals surface area contributed by atoms with Gasteiger partial charge in [0.25, 0.3) is 0 Å². The number of aromatic nitrogens is 2. The number of anilines is 1. The number of amides is 1. The SMILES string of the molecule is CCCNC(=O)CCN(Cc1ccccc1)c1nc(Cc2ccccc2)ns1. The van der Waals surface area contributed by atoms with Crippen molar-refractivity contribution in [1.82, 2.24) is 14.7 Å².